The highest BCUT2D eigenvalue weighted by Gasteiger charge is 2.15. The lowest BCUT2D eigenvalue weighted by Gasteiger charge is -2.05. The van der Waals surface area contributed by atoms with Gasteiger partial charge in [0.25, 0.3) is 0 Å². The van der Waals surface area contributed by atoms with Crippen molar-refractivity contribution < 1.29 is 9.66 Å². The molecule has 0 unspecified atom stereocenters. The van der Waals surface area contributed by atoms with Gasteiger partial charge in [0, 0.05) is 25.4 Å². The van der Waals surface area contributed by atoms with E-state index in [9.17, 15) is 10.1 Å². The summed E-state index contributed by atoms with van der Waals surface area (Å²) in [6, 6.07) is 3.00. The first kappa shape index (κ1) is 12.9. The molecule has 0 bridgehead atoms. The van der Waals surface area contributed by atoms with E-state index in [0.29, 0.717) is 19.8 Å². The van der Waals surface area contributed by atoms with E-state index < -0.39 is 4.92 Å². The number of nitrogens with zero attached hydrogens (tertiary/aromatic N) is 3. The highest BCUT2D eigenvalue weighted by atomic mass is 16.6. The molecule has 0 saturated carbocycles. The lowest BCUT2D eigenvalue weighted by molar-refractivity contribution is -0.384. The van der Waals surface area contributed by atoms with Gasteiger partial charge in [-0.1, -0.05) is 0 Å². The number of hydrogen-bond donors (Lipinski definition) is 1. The molecular formula is C10H12N4O3. The van der Waals surface area contributed by atoms with Crippen molar-refractivity contribution in [2.45, 2.75) is 6.92 Å². The third kappa shape index (κ3) is 3.70. The second kappa shape index (κ2) is 6.40. The second-order valence-electron chi connectivity index (χ2n) is 3.08. The van der Waals surface area contributed by atoms with Crippen LogP contribution in [0.15, 0.2) is 12.3 Å². The van der Waals surface area contributed by atoms with Crippen LogP contribution in [0.5, 0.6) is 0 Å². The monoisotopic (exact) mass is 236 g/mol. The molecule has 0 atom stereocenters. The summed E-state index contributed by atoms with van der Waals surface area (Å²) < 4.78 is 5.09. The van der Waals surface area contributed by atoms with Gasteiger partial charge in [-0.3, -0.25) is 10.1 Å². The number of hydrogen-bond acceptors (Lipinski definition) is 6. The number of nitriles is 1. The molecule has 1 heterocycles. The Kier molecular flexibility index (Phi) is 4.84. The fourth-order valence-corrected chi connectivity index (χ4v) is 1.18. The maximum atomic E-state index is 10.8. The van der Waals surface area contributed by atoms with Gasteiger partial charge < -0.3 is 10.1 Å². The summed E-state index contributed by atoms with van der Waals surface area (Å²) >= 11 is 0. The van der Waals surface area contributed by atoms with Crippen molar-refractivity contribution in [2.24, 2.45) is 0 Å². The number of nitro groups is 1. The molecule has 17 heavy (non-hydrogen) atoms. The minimum absolute atomic E-state index is 0.147. The van der Waals surface area contributed by atoms with Crippen LogP contribution in [0.1, 0.15) is 12.5 Å². The first-order chi connectivity index (χ1) is 8.19. The van der Waals surface area contributed by atoms with Crippen LogP contribution in [0.2, 0.25) is 0 Å². The fourth-order valence-electron chi connectivity index (χ4n) is 1.18. The molecule has 0 aliphatic rings. The summed E-state index contributed by atoms with van der Waals surface area (Å²) in [5.41, 5.74) is -0.0485. The normalized spacial score (nSPS) is 9.65. The maximum Gasteiger partial charge on any atom is 0.312 e. The summed E-state index contributed by atoms with van der Waals surface area (Å²) in [7, 11) is 0. The number of anilines is 1. The van der Waals surface area contributed by atoms with Crippen molar-refractivity contribution >= 4 is 11.5 Å². The Hall–Kier alpha value is -2.20. The molecule has 7 nitrogen and oxygen atoms in total. The number of ether oxygens (including phenoxy) is 1. The standard InChI is InChI=1S/C10H12N4O3/c1-2-17-4-3-12-10-9(14(15)16)5-8(6-11)7-13-10/h5,7H,2-4H2,1H3,(H,12,13). The number of nitrogens with one attached hydrogen (secondary N) is 1. The Bertz CT molecular complexity index is 442. The highest BCUT2D eigenvalue weighted by Crippen LogP contribution is 2.21. The maximum absolute atomic E-state index is 10.8. The van der Waals surface area contributed by atoms with Gasteiger partial charge in [0.1, 0.15) is 6.07 Å². The van der Waals surface area contributed by atoms with Gasteiger partial charge in [-0.05, 0) is 6.92 Å². The zero-order chi connectivity index (χ0) is 12.7. The molecule has 1 aromatic rings. The van der Waals surface area contributed by atoms with E-state index in [4.69, 9.17) is 10.00 Å². The van der Waals surface area contributed by atoms with Crippen LogP contribution in [0.4, 0.5) is 11.5 Å². The van der Waals surface area contributed by atoms with E-state index in [1.165, 1.54) is 12.3 Å². The Morgan fingerprint density at radius 2 is 2.47 bits per heavy atom. The zero-order valence-electron chi connectivity index (χ0n) is 9.34. The third-order valence-corrected chi connectivity index (χ3v) is 1.94. The van der Waals surface area contributed by atoms with Crippen molar-refractivity contribution in [3.05, 3.63) is 27.9 Å². The van der Waals surface area contributed by atoms with E-state index >= 15 is 0 Å². The lowest BCUT2D eigenvalue weighted by Crippen LogP contribution is -2.11. The van der Waals surface area contributed by atoms with Crippen LogP contribution < -0.4 is 5.32 Å². The molecule has 0 saturated heterocycles. The molecule has 0 aliphatic carbocycles. The Morgan fingerprint density at radius 1 is 1.71 bits per heavy atom. The second-order valence-corrected chi connectivity index (χ2v) is 3.08. The zero-order valence-corrected chi connectivity index (χ0v) is 9.34. The largest absolute Gasteiger partial charge is 0.380 e. The van der Waals surface area contributed by atoms with Crippen molar-refractivity contribution in [2.75, 3.05) is 25.1 Å². The minimum Gasteiger partial charge on any atom is -0.380 e. The average molecular weight is 236 g/mol. The van der Waals surface area contributed by atoms with Gasteiger partial charge in [-0.15, -0.1) is 0 Å². The Balaban J connectivity index is 2.77. The van der Waals surface area contributed by atoms with E-state index in [1.54, 1.807) is 6.07 Å². The van der Waals surface area contributed by atoms with Gasteiger partial charge in [0.15, 0.2) is 0 Å². The van der Waals surface area contributed by atoms with E-state index in [2.05, 4.69) is 10.3 Å². The molecule has 1 rings (SSSR count). The van der Waals surface area contributed by atoms with Crippen molar-refractivity contribution in [3.8, 4) is 6.07 Å². The molecule has 0 spiro atoms. The summed E-state index contributed by atoms with van der Waals surface area (Å²) in [4.78, 5) is 14.0. The first-order valence-corrected chi connectivity index (χ1v) is 5.05. The fraction of sp³-hybridized carbons (Fsp3) is 0.400. The first-order valence-electron chi connectivity index (χ1n) is 5.05. The van der Waals surface area contributed by atoms with Crippen LogP contribution in [-0.2, 0) is 4.74 Å². The van der Waals surface area contributed by atoms with Crippen LogP contribution in [0.3, 0.4) is 0 Å². The summed E-state index contributed by atoms with van der Waals surface area (Å²) in [5, 5.41) is 22.2. The van der Waals surface area contributed by atoms with Crippen LogP contribution in [0, 0.1) is 21.4 Å². The van der Waals surface area contributed by atoms with Crippen molar-refractivity contribution in [1.82, 2.24) is 4.98 Å². The summed E-state index contributed by atoms with van der Waals surface area (Å²) in [5.74, 6) is 0.147. The number of pyridine rings is 1. The molecule has 1 N–H and O–H groups in total. The molecule has 7 heteroatoms. The topological polar surface area (TPSA) is 101 Å². The smallest absolute Gasteiger partial charge is 0.312 e. The third-order valence-electron chi connectivity index (χ3n) is 1.94. The molecule has 0 amide bonds. The molecular weight excluding hydrogens is 224 g/mol. The predicted molar refractivity (Wildman–Crippen MR) is 60.6 cm³/mol. The van der Waals surface area contributed by atoms with Gasteiger partial charge >= 0.3 is 5.69 Å². The lowest BCUT2D eigenvalue weighted by atomic mass is 10.3. The number of aromatic nitrogens is 1. The van der Waals surface area contributed by atoms with Crippen LogP contribution >= 0.6 is 0 Å². The molecule has 90 valence electrons. The Morgan fingerprint density at radius 3 is 3.06 bits per heavy atom. The van der Waals surface area contributed by atoms with E-state index in [0.717, 1.165) is 0 Å². The summed E-state index contributed by atoms with van der Waals surface area (Å²) in [6.07, 6.45) is 1.29. The molecule has 0 aliphatic heterocycles. The van der Waals surface area contributed by atoms with E-state index in [-0.39, 0.29) is 17.1 Å². The average Bonchev–Trinajstić information content (AvgIpc) is 2.34. The van der Waals surface area contributed by atoms with Crippen molar-refractivity contribution in [1.29, 1.82) is 5.26 Å². The predicted octanol–water partition coefficient (Wildman–Crippen LogP) is 1.31. The molecule has 0 fully saturated rings. The quantitative estimate of drug-likeness (QED) is 0.454. The molecule has 0 radical (unpaired) electrons. The highest BCUT2D eigenvalue weighted by molar-refractivity contribution is 5.58. The van der Waals surface area contributed by atoms with Crippen molar-refractivity contribution in [3.63, 3.8) is 0 Å². The van der Waals surface area contributed by atoms with Crippen LogP contribution in [0.25, 0.3) is 0 Å². The van der Waals surface area contributed by atoms with Crippen LogP contribution in [-0.4, -0.2) is 29.7 Å². The van der Waals surface area contributed by atoms with Gasteiger partial charge in [0.05, 0.1) is 17.1 Å². The molecule has 1 aromatic heterocycles. The minimum atomic E-state index is -0.573. The van der Waals surface area contributed by atoms with Gasteiger partial charge in [-0.25, -0.2) is 4.98 Å². The van der Waals surface area contributed by atoms with Gasteiger partial charge in [0.2, 0.25) is 5.82 Å². The Labute approximate surface area is 98.2 Å². The molecule has 0 aromatic carbocycles. The van der Waals surface area contributed by atoms with E-state index in [1.807, 2.05) is 6.92 Å². The summed E-state index contributed by atoms with van der Waals surface area (Å²) in [6.45, 7) is 3.32. The van der Waals surface area contributed by atoms with Gasteiger partial charge in [-0.2, -0.15) is 5.26 Å². The SMILES string of the molecule is CCOCCNc1ncc(C#N)cc1[N+](=O)[O-]. The number of rotatable bonds is 6.